The molecular formula is C24H32N2O4. The molecule has 0 saturated heterocycles. The normalized spacial score (nSPS) is 12.2. The van der Waals surface area contributed by atoms with Crippen LogP contribution in [0.15, 0.2) is 48.5 Å². The van der Waals surface area contributed by atoms with Crippen LogP contribution in [0.5, 0.6) is 5.75 Å². The number of nitrogens with one attached hydrogen (secondary N) is 2. The van der Waals surface area contributed by atoms with E-state index >= 15 is 0 Å². The van der Waals surface area contributed by atoms with Gasteiger partial charge in [-0.2, -0.15) is 0 Å². The fraction of sp³-hybridized carbons (Fsp3) is 0.417. The smallest absolute Gasteiger partial charge is 0.408 e. The Morgan fingerprint density at radius 3 is 2.30 bits per heavy atom. The van der Waals surface area contributed by atoms with Crippen LogP contribution in [0.3, 0.4) is 0 Å². The van der Waals surface area contributed by atoms with E-state index in [9.17, 15) is 9.59 Å². The zero-order chi connectivity index (χ0) is 22.3. The minimum atomic E-state index is -0.725. The molecule has 6 heteroatoms. The number of anilines is 1. The fourth-order valence-corrected chi connectivity index (χ4v) is 2.70. The number of hydrogen-bond acceptors (Lipinski definition) is 4. The Labute approximate surface area is 179 Å². The number of ether oxygens (including phenoxy) is 2. The Morgan fingerprint density at radius 2 is 1.70 bits per heavy atom. The molecule has 2 amide bonds. The maximum absolute atomic E-state index is 12.8. The number of amides is 2. The van der Waals surface area contributed by atoms with Crippen molar-refractivity contribution in [2.45, 2.75) is 59.8 Å². The van der Waals surface area contributed by atoms with Crippen LogP contribution >= 0.6 is 0 Å². The number of aryl methyl sites for hydroxylation is 1. The number of carbonyl (C=O) groups excluding carboxylic acids is 2. The largest absolute Gasteiger partial charge is 0.489 e. The Balaban J connectivity index is 1.99. The maximum atomic E-state index is 12.8. The summed E-state index contributed by atoms with van der Waals surface area (Å²) in [4.78, 5) is 24.8. The molecule has 0 aliphatic carbocycles. The van der Waals surface area contributed by atoms with Gasteiger partial charge in [-0.25, -0.2) is 4.79 Å². The summed E-state index contributed by atoms with van der Waals surface area (Å²) in [5.74, 6) is 0.222. The van der Waals surface area contributed by atoms with Crippen molar-refractivity contribution >= 4 is 17.7 Å². The van der Waals surface area contributed by atoms with Crippen molar-refractivity contribution in [2.24, 2.45) is 5.92 Å². The number of hydrogen-bond donors (Lipinski definition) is 2. The highest BCUT2D eigenvalue weighted by atomic mass is 16.6. The second-order valence-corrected chi connectivity index (χ2v) is 8.66. The molecule has 0 radical (unpaired) electrons. The lowest BCUT2D eigenvalue weighted by Crippen LogP contribution is -2.48. The topological polar surface area (TPSA) is 76.7 Å². The predicted octanol–water partition coefficient (Wildman–Crippen LogP) is 5.06. The van der Waals surface area contributed by atoms with E-state index in [0.29, 0.717) is 18.0 Å². The monoisotopic (exact) mass is 412 g/mol. The zero-order valence-electron chi connectivity index (χ0n) is 18.6. The van der Waals surface area contributed by atoms with Crippen molar-refractivity contribution in [2.75, 3.05) is 5.32 Å². The summed E-state index contributed by atoms with van der Waals surface area (Å²) in [6.45, 7) is 11.5. The molecule has 162 valence electrons. The van der Waals surface area contributed by atoms with E-state index < -0.39 is 17.7 Å². The fourth-order valence-electron chi connectivity index (χ4n) is 2.70. The average molecular weight is 413 g/mol. The maximum Gasteiger partial charge on any atom is 0.408 e. The van der Waals surface area contributed by atoms with Crippen molar-refractivity contribution < 1.29 is 19.1 Å². The molecule has 0 aliphatic heterocycles. The lowest BCUT2D eigenvalue weighted by molar-refractivity contribution is -0.119. The molecule has 0 aromatic heterocycles. The van der Waals surface area contributed by atoms with Gasteiger partial charge in [-0.1, -0.05) is 49.7 Å². The van der Waals surface area contributed by atoms with Gasteiger partial charge < -0.3 is 20.1 Å². The zero-order valence-corrected chi connectivity index (χ0v) is 18.6. The lowest BCUT2D eigenvalue weighted by Gasteiger charge is -2.25. The summed E-state index contributed by atoms with van der Waals surface area (Å²) < 4.78 is 11.1. The third-order valence-corrected chi connectivity index (χ3v) is 4.25. The van der Waals surface area contributed by atoms with Crippen molar-refractivity contribution in [3.63, 3.8) is 0 Å². The first-order chi connectivity index (χ1) is 14.0. The van der Waals surface area contributed by atoms with Crippen LogP contribution in [0.4, 0.5) is 10.5 Å². The molecule has 0 saturated carbocycles. The van der Waals surface area contributed by atoms with Crippen LogP contribution in [0.25, 0.3) is 0 Å². The Kier molecular flexibility index (Phi) is 7.86. The number of alkyl carbamates (subject to hydrolysis) is 1. The van der Waals surface area contributed by atoms with Crippen LogP contribution in [0.1, 0.15) is 45.7 Å². The second-order valence-electron chi connectivity index (χ2n) is 8.66. The average Bonchev–Trinajstić information content (AvgIpc) is 2.64. The van der Waals surface area contributed by atoms with Gasteiger partial charge in [0.05, 0.1) is 0 Å². The highest BCUT2D eigenvalue weighted by molar-refractivity contribution is 5.96. The highest BCUT2D eigenvalue weighted by Gasteiger charge is 2.27. The number of benzene rings is 2. The summed E-state index contributed by atoms with van der Waals surface area (Å²) in [5.41, 5.74) is 2.23. The Bertz CT molecular complexity index is 854. The van der Waals surface area contributed by atoms with Crippen LogP contribution in [-0.2, 0) is 16.1 Å². The second kappa shape index (κ2) is 10.1. The van der Waals surface area contributed by atoms with Crippen molar-refractivity contribution in [1.29, 1.82) is 0 Å². The van der Waals surface area contributed by atoms with Crippen molar-refractivity contribution in [3.8, 4) is 5.75 Å². The minimum Gasteiger partial charge on any atom is -0.489 e. The van der Waals surface area contributed by atoms with E-state index in [1.807, 2.05) is 57.2 Å². The van der Waals surface area contributed by atoms with Gasteiger partial charge in [-0.15, -0.1) is 0 Å². The first kappa shape index (κ1) is 23.3. The van der Waals surface area contributed by atoms with Gasteiger partial charge in [0, 0.05) is 11.8 Å². The van der Waals surface area contributed by atoms with Gasteiger partial charge in [-0.3, -0.25) is 4.79 Å². The highest BCUT2D eigenvalue weighted by Crippen LogP contribution is 2.20. The molecule has 2 aromatic carbocycles. The van der Waals surface area contributed by atoms with Gasteiger partial charge in [0.25, 0.3) is 0 Å². The third-order valence-electron chi connectivity index (χ3n) is 4.25. The molecular weight excluding hydrogens is 380 g/mol. The van der Waals surface area contributed by atoms with Crippen molar-refractivity contribution in [3.05, 3.63) is 59.7 Å². The quantitative estimate of drug-likeness (QED) is 0.666. The molecule has 6 nitrogen and oxygen atoms in total. The minimum absolute atomic E-state index is 0.113. The van der Waals surface area contributed by atoms with Gasteiger partial charge >= 0.3 is 6.09 Å². The first-order valence-corrected chi connectivity index (χ1v) is 10.1. The van der Waals surface area contributed by atoms with E-state index in [1.54, 1.807) is 32.9 Å². The SMILES string of the molecule is Cc1ccc(COc2cccc(NC(=O)C(NC(=O)OC(C)(C)C)C(C)C)c2)cc1. The summed E-state index contributed by atoms with van der Waals surface area (Å²) in [6.07, 6.45) is -0.619. The Morgan fingerprint density at radius 1 is 1.03 bits per heavy atom. The van der Waals surface area contributed by atoms with E-state index in [4.69, 9.17) is 9.47 Å². The molecule has 1 unspecified atom stereocenters. The Hall–Kier alpha value is -3.02. The molecule has 0 bridgehead atoms. The van der Waals surface area contributed by atoms with Crippen LogP contribution in [0.2, 0.25) is 0 Å². The van der Waals surface area contributed by atoms with E-state index in [-0.39, 0.29) is 11.8 Å². The molecule has 0 aliphatic rings. The van der Waals surface area contributed by atoms with Gasteiger partial charge in [-0.05, 0) is 51.3 Å². The molecule has 2 aromatic rings. The molecule has 0 heterocycles. The van der Waals surface area contributed by atoms with E-state index in [0.717, 1.165) is 5.56 Å². The van der Waals surface area contributed by atoms with Gasteiger partial charge in [0.2, 0.25) is 5.91 Å². The molecule has 1 atom stereocenters. The number of carbonyl (C=O) groups is 2. The summed E-state index contributed by atoms with van der Waals surface area (Å²) in [5, 5.41) is 5.50. The van der Waals surface area contributed by atoms with Crippen molar-refractivity contribution in [1.82, 2.24) is 5.32 Å². The predicted molar refractivity (Wildman–Crippen MR) is 119 cm³/mol. The molecule has 0 spiro atoms. The molecule has 2 N–H and O–H groups in total. The standard InChI is InChI=1S/C24H32N2O4/c1-16(2)21(26-23(28)30-24(4,5)6)22(27)25-19-8-7-9-20(14-19)29-15-18-12-10-17(3)11-13-18/h7-14,16,21H,15H2,1-6H3,(H,25,27)(H,26,28). The van der Waals surface area contributed by atoms with Crippen LogP contribution in [-0.4, -0.2) is 23.6 Å². The van der Waals surface area contributed by atoms with E-state index in [2.05, 4.69) is 10.6 Å². The summed E-state index contributed by atoms with van der Waals surface area (Å²) in [7, 11) is 0. The van der Waals surface area contributed by atoms with Gasteiger partial charge in [0.15, 0.2) is 0 Å². The first-order valence-electron chi connectivity index (χ1n) is 10.1. The lowest BCUT2D eigenvalue weighted by atomic mass is 10.0. The summed E-state index contributed by atoms with van der Waals surface area (Å²) >= 11 is 0. The van der Waals surface area contributed by atoms with Crippen LogP contribution < -0.4 is 15.4 Å². The van der Waals surface area contributed by atoms with E-state index in [1.165, 1.54) is 5.56 Å². The molecule has 30 heavy (non-hydrogen) atoms. The molecule has 2 rings (SSSR count). The van der Waals surface area contributed by atoms with Crippen LogP contribution in [0, 0.1) is 12.8 Å². The summed E-state index contributed by atoms with van der Waals surface area (Å²) in [6, 6.07) is 14.6. The number of rotatable bonds is 7. The molecule has 0 fully saturated rings. The third kappa shape index (κ3) is 7.78. The van der Waals surface area contributed by atoms with Gasteiger partial charge in [0.1, 0.15) is 24.0 Å².